The molecule has 3 heteroatoms. The molecule has 0 aliphatic heterocycles. The number of nitrogens with one attached hydrogen (secondary N) is 1. The lowest BCUT2D eigenvalue weighted by Gasteiger charge is -1.90. The normalized spacial score (nSPS) is 10.0. The van der Waals surface area contributed by atoms with Crippen LogP contribution in [0.2, 0.25) is 0 Å². The maximum atomic E-state index is 4.10. The third-order valence-corrected chi connectivity index (χ3v) is 1.51. The van der Waals surface area contributed by atoms with Gasteiger partial charge in [-0.2, -0.15) is 12.6 Å². The second-order valence-electron chi connectivity index (χ2n) is 1.95. The summed E-state index contributed by atoms with van der Waals surface area (Å²) in [6.07, 6.45) is 2.67. The summed E-state index contributed by atoms with van der Waals surface area (Å²) in [7, 11) is 0. The van der Waals surface area contributed by atoms with Crippen molar-refractivity contribution in [3.8, 4) is 0 Å². The molecule has 0 unspecified atom stereocenters. The smallest absolute Gasteiger partial charge is 0.0925 e. The molecular formula is C6H10N2S. The lowest BCUT2D eigenvalue weighted by molar-refractivity contribution is 1.05. The first kappa shape index (κ1) is 6.68. The highest BCUT2D eigenvalue weighted by molar-refractivity contribution is 7.80. The van der Waals surface area contributed by atoms with E-state index in [4.69, 9.17) is 0 Å². The first-order valence-electron chi connectivity index (χ1n) is 2.94. The molecule has 2 nitrogen and oxygen atoms in total. The fourth-order valence-electron chi connectivity index (χ4n) is 0.745. The molecule has 0 aliphatic rings. The lowest BCUT2D eigenvalue weighted by atomic mass is 10.3. The Hall–Kier alpha value is -0.440. The Bertz CT molecular complexity index is 183. The molecule has 1 aromatic rings. The van der Waals surface area contributed by atoms with E-state index in [9.17, 15) is 0 Å². The Morgan fingerprint density at radius 3 is 3.00 bits per heavy atom. The van der Waals surface area contributed by atoms with Crippen LogP contribution in [0.4, 0.5) is 0 Å². The van der Waals surface area contributed by atoms with E-state index in [0.717, 1.165) is 23.6 Å². The molecule has 0 radical (unpaired) electrons. The molecule has 1 aromatic heterocycles. The highest BCUT2D eigenvalue weighted by Crippen LogP contribution is 2.01. The predicted molar refractivity (Wildman–Crippen MR) is 40.9 cm³/mol. The van der Waals surface area contributed by atoms with Gasteiger partial charge in [0.05, 0.1) is 12.0 Å². The number of aryl methyl sites for hydroxylation is 2. The average Bonchev–Trinajstić information content (AvgIpc) is 2.18. The van der Waals surface area contributed by atoms with Crippen LogP contribution in [0.3, 0.4) is 0 Å². The van der Waals surface area contributed by atoms with Gasteiger partial charge in [-0.05, 0) is 12.7 Å². The largest absolute Gasteiger partial charge is 0.348 e. The van der Waals surface area contributed by atoms with Crippen molar-refractivity contribution < 1.29 is 0 Å². The molecular weight excluding hydrogens is 132 g/mol. The fourth-order valence-corrected chi connectivity index (χ4v) is 0.957. The molecule has 0 aliphatic carbocycles. The van der Waals surface area contributed by atoms with Gasteiger partial charge in [-0.25, -0.2) is 4.98 Å². The number of aromatic amines is 1. The number of H-pyrrole nitrogens is 1. The van der Waals surface area contributed by atoms with Crippen LogP contribution in [-0.2, 0) is 6.42 Å². The van der Waals surface area contributed by atoms with Gasteiger partial charge in [0.25, 0.3) is 0 Å². The van der Waals surface area contributed by atoms with Crippen molar-refractivity contribution >= 4 is 12.6 Å². The summed E-state index contributed by atoms with van der Waals surface area (Å²) in [5.41, 5.74) is 2.29. The fraction of sp³-hybridized carbons (Fsp3) is 0.500. The van der Waals surface area contributed by atoms with Crippen LogP contribution in [0.15, 0.2) is 6.33 Å². The third-order valence-electron chi connectivity index (χ3n) is 1.28. The molecule has 0 saturated heterocycles. The maximum Gasteiger partial charge on any atom is 0.0925 e. The van der Waals surface area contributed by atoms with Gasteiger partial charge in [0.1, 0.15) is 0 Å². The van der Waals surface area contributed by atoms with E-state index in [1.807, 2.05) is 6.92 Å². The Morgan fingerprint density at radius 2 is 2.56 bits per heavy atom. The Morgan fingerprint density at radius 1 is 1.78 bits per heavy atom. The van der Waals surface area contributed by atoms with Crippen molar-refractivity contribution in [2.24, 2.45) is 0 Å². The van der Waals surface area contributed by atoms with Crippen LogP contribution in [-0.4, -0.2) is 15.7 Å². The van der Waals surface area contributed by atoms with Gasteiger partial charge in [0, 0.05) is 12.1 Å². The SMILES string of the molecule is Cc1[nH]cnc1CCS. The van der Waals surface area contributed by atoms with E-state index in [2.05, 4.69) is 22.6 Å². The zero-order valence-corrected chi connectivity index (χ0v) is 6.28. The van der Waals surface area contributed by atoms with Crippen molar-refractivity contribution in [2.45, 2.75) is 13.3 Å². The number of rotatable bonds is 2. The van der Waals surface area contributed by atoms with Gasteiger partial charge >= 0.3 is 0 Å². The summed E-state index contributed by atoms with van der Waals surface area (Å²) in [6.45, 7) is 2.02. The first-order chi connectivity index (χ1) is 4.34. The van der Waals surface area contributed by atoms with Crippen molar-refractivity contribution in [3.63, 3.8) is 0 Å². The van der Waals surface area contributed by atoms with Crippen LogP contribution < -0.4 is 0 Å². The summed E-state index contributed by atoms with van der Waals surface area (Å²) in [6, 6.07) is 0. The van der Waals surface area contributed by atoms with Gasteiger partial charge in [0.2, 0.25) is 0 Å². The number of hydrogen-bond acceptors (Lipinski definition) is 2. The topological polar surface area (TPSA) is 28.7 Å². The van der Waals surface area contributed by atoms with Crippen molar-refractivity contribution in [1.82, 2.24) is 9.97 Å². The Labute approximate surface area is 60.1 Å². The van der Waals surface area contributed by atoms with Gasteiger partial charge < -0.3 is 4.98 Å². The Balaban J connectivity index is 2.69. The highest BCUT2D eigenvalue weighted by atomic mass is 32.1. The van der Waals surface area contributed by atoms with E-state index < -0.39 is 0 Å². The minimum atomic E-state index is 0.867. The second-order valence-corrected chi connectivity index (χ2v) is 2.40. The van der Waals surface area contributed by atoms with Crippen LogP contribution in [0.1, 0.15) is 11.4 Å². The molecule has 0 atom stereocenters. The number of nitrogens with zero attached hydrogens (tertiary/aromatic N) is 1. The van der Waals surface area contributed by atoms with E-state index in [1.54, 1.807) is 6.33 Å². The number of aromatic nitrogens is 2. The monoisotopic (exact) mass is 142 g/mol. The molecule has 0 saturated carbocycles. The summed E-state index contributed by atoms with van der Waals surface area (Å²) in [5, 5.41) is 0. The number of imidazole rings is 1. The summed E-state index contributed by atoms with van der Waals surface area (Å²) in [5.74, 6) is 0.867. The molecule has 1 N–H and O–H groups in total. The molecule has 0 spiro atoms. The molecule has 1 rings (SSSR count). The molecule has 9 heavy (non-hydrogen) atoms. The second kappa shape index (κ2) is 2.92. The van der Waals surface area contributed by atoms with Gasteiger partial charge in [-0.3, -0.25) is 0 Å². The quantitative estimate of drug-likeness (QED) is 0.597. The van der Waals surface area contributed by atoms with Crippen molar-refractivity contribution in [1.29, 1.82) is 0 Å². The van der Waals surface area contributed by atoms with Crippen LogP contribution in [0.25, 0.3) is 0 Å². The number of hydrogen-bond donors (Lipinski definition) is 2. The minimum absolute atomic E-state index is 0.867. The van der Waals surface area contributed by atoms with E-state index in [1.165, 1.54) is 0 Å². The van der Waals surface area contributed by atoms with Crippen LogP contribution in [0, 0.1) is 6.92 Å². The van der Waals surface area contributed by atoms with E-state index in [0.29, 0.717) is 0 Å². The number of thiol groups is 1. The molecule has 0 amide bonds. The van der Waals surface area contributed by atoms with Crippen molar-refractivity contribution in [2.75, 3.05) is 5.75 Å². The molecule has 0 bridgehead atoms. The van der Waals surface area contributed by atoms with E-state index in [-0.39, 0.29) is 0 Å². The zero-order chi connectivity index (χ0) is 6.69. The average molecular weight is 142 g/mol. The van der Waals surface area contributed by atoms with Gasteiger partial charge in [-0.15, -0.1) is 0 Å². The summed E-state index contributed by atoms with van der Waals surface area (Å²) < 4.78 is 0. The molecule has 0 aromatic carbocycles. The van der Waals surface area contributed by atoms with Gasteiger partial charge in [-0.1, -0.05) is 0 Å². The molecule has 1 heterocycles. The zero-order valence-electron chi connectivity index (χ0n) is 5.39. The third kappa shape index (κ3) is 1.48. The summed E-state index contributed by atoms with van der Waals surface area (Å²) in [4.78, 5) is 7.11. The van der Waals surface area contributed by atoms with E-state index >= 15 is 0 Å². The maximum absolute atomic E-state index is 4.10. The predicted octanol–water partition coefficient (Wildman–Crippen LogP) is 1.19. The minimum Gasteiger partial charge on any atom is -0.348 e. The first-order valence-corrected chi connectivity index (χ1v) is 3.57. The Kier molecular flexibility index (Phi) is 2.16. The van der Waals surface area contributed by atoms with Gasteiger partial charge in [0.15, 0.2) is 0 Å². The van der Waals surface area contributed by atoms with Crippen molar-refractivity contribution in [3.05, 3.63) is 17.7 Å². The lowest BCUT2D eigenvalue weighted by Crippen LogP contribution is -1.88. The van der Waals surface area contributed by atoms with Crippen LogP contribution in [0.5, 0.6) is 0 Å². The van der Waals surface area contributed by atoms with Crippen LogP contribution >= 0.6 is 12.6 Å². The highest BCUT2D eigenvalue weighted by Gasteiger charge is 1.96. The molecule has 0 fully saturated rings. The standard InChI is InChI=1S/C6H10N2S/c1-5-6(2-3-9)8-4-7-5/h4,9H,2-3H2,1H3,(H,7,8). The summed E-state index contributed by atoms with van der Waals surface area (Å²) >= 11 is 4.10. The molecule has 50 valence electrons.